The van der Waals surface area contributed by atoms with E-state index in [1.807, 2.05) is 25.7 Å². The number of ether oxygens (including phenoxy) is 1. The van der Waals surface area contributed by atoms with E-state index in [2.05, 4.69) is 31.2 Å². The SMILES string of the molecule is CNC(Cc1c(Cl)c(C)nn1C)C(OC)C(C)(C)C. The normalized spacial score (nSPS) is 15.6. The van der Waals surface area contributed by atoms with Crippen molar-refractivity contribution in [3.05, 3.63) is 16.4 Å². The van der Waals surface area contributed by atoms with Crippen molar-refractivity contribution in [2.75, 3.05) is 14.2 Å². The van der Waals surface area contributed by atoms with Gasteiger partial charge in [-0.2, -0.15) is 5.10 Å². The molecule has 19 heavy (non-hydrogen) atoms. The van der Waals surface area contributed by atoms with Crippen LogP contribution in [-0.4, -0.2) is 36.1 Å². The van der Waals surface area contributed by atoms with Gasteiger partial charge in [-0.3, -0.25) is 4.68 Å². The predicted molar refractivity (Wildman–Crippen MR) is 79.8 cm³/mol. The van der Waals surface area contributed by atoms with Gasteiger partial charge in [0.1, 0.15) is 0 Å². The Kier molecular flexibility index (Phi) is 5.42. The van der Waals surface area contributed by atoms with Crippen LogP contribution < -0.4 is 5.32 Å². The molecule has 1 heterocycles. The molecule has 0 saturated heterocycles. The van der Waals surface area contributed by atoms with Crippen LogP contribution in [0.15, 0.2) is 0 Å². The first-order chi connectivity index (χ1) is 8.72. The summed E-state index contributed by atoms with van der Waals surface area (Å²) in [4.78, 5) is 0. The maximum Gasteiger partial charge on any atom is 0.0847 e. The van der Waals surface area contributed by atoms with Crippen molar-refractivity contribution in [3.63, 3.8) is 0 Å². The Hall–Kier alpha value is -0.580. The number of likely N-dealkylation sites (N-methyl/N-ethyl adjacent to an activating group) is 1. The number of hydrogen-bond donors (Lipinski definition) is 1. The molecule has 0 fully saturated rings. The zero-order chi connectivity index (χ0) is 14.8. The molecule has 0 amide bonds. The Balaban J connectivity index is 2.99. The predicted octanol–water partition coefficient (Wildman–Crippen LogP) is 2.57. The summed E-state index contributed by atoms with van der Waals surface area (Å²) in [5, 5.41) is 8.46. The fourth-order valence-corrected chi connectivity index (χ4v) is 2.83. The second-order valence-corrected chi connectivity index (χ2v) is 6.47. The van der Waals surface area contributed by atoms with Crippen LogP contribution in [0.2, 0.25) is 5.02 Å². The highest BCUT2D eigenvalue weighted by atomic mass is 35.5. The second kappa shape index (κ2) is 6.25. The van der Waals surface area contributed by atoms with Crippen molar-refractivity contribution in [1.29, 1.82) is 0 Å². The zero-order valence-corrected chi connectivity index (χ0v) is 13.8. The summed E-state index contributed by atoms with van der Waals surface area (Å²) >= 11 is 6.33. The first-order valence-electron chi connectivity index (χ1n) is 6.60. The first kappa shape index (κ1) is 16.5. The lowest BCUT2D eigenvalue weighted by Crippen LogP contribution is -2.48. The molecule has 0 spiro atoms. The van der Waals surface area contributed by atoms with Crippen molar-refractivity contribution < 1.29 is 4.74 Å². The third-order valence-electron chi connectivity index (χ3n) is 3.52. The van der Waals surface area contributed by atoms with Gasteiger partial charge in [0.25, 0.3) is 0 Å². The molecule has 5 heteroatoms. The molecule has 1 rings (SSSR count). The van der Waals surface area contributed by atoms with Gasteiger partial charge in [0.2, 0.25) is 0 Å². The van der Waals surface area contributed by atoms with Crippen molar-refractivity contribution in [2.45, 2.75) is 46.3 Å². The first-order valence-corrected chi connectivity index (χ1v) is 6.98. The molecule has 0 radical (unpaired) electrons. The Morgan fingerprint density at radius 1 is 1.42 bits per heavy atom. The third-order valence-corrected chi connectivity index (χ3v) is 4.01. The van der Waals surface area contributed by atoms with E-state index in [1.165, 1.54) is 0 Å². The van der Waals surface area contributed by atoms with Gasteiger partial charge in [-0.1, -0.05) is 32.4 Å². The number of nitrogens with zero attached hydrogens (tertiary/aromatic N) is 2. The number of rotatable bonds is 5. The van der Waals surface area contributed by atoms with Gasteiger partial charge in [-0.25, -0.2) is 0 Å². The molecule has 1 aromatic rings. The summed E-state index contributed by atoms with van der Waals surface area (Å²) in [5.74, 6) is 0. The average molecular weight is 288 g/mol. The molecular weight excluding hydrogens is 262 g/mol. The molecule has 110 valence electrons. The van der Waals surface area contributed by atoms with Crippen LogP contribution in [-0.2, 0) is 18.2 Å². The van der Waals surface area contributed by atoms with Crippen LogP contribution in [0.4, 0.5) is 0 Å². The molecule has 0 saturated carbocycles. The fraction of sp³-hybridized carbons (Fsp3) is 0.786. The summed E-state index contributed by atoms with van der Waals surface area (Å²) in [5.41, 5.74) is 1.98. The van der Waals surface area contributed by atoms with E-state index in [1.54, 1.807) is 7.11 Å². The third kappa shape index (κ3) is 3.71. The van der Waals surface area contributed by atoms with Crippen LogP contribution in [0, 0.1) is 12.3 Å². The Morgan fingerprint density at radius 2 is 2.00 bits per heavy atom. The zero-order valence-electron chi connectivity index (χ0n) is 13.0. The van der Waals surface area contributed by atoms with Crippen LogP contribution in [0.25, 0.3) is 0 Å². The van der Waals surface area contributed by atoms with E-state index in [9.17, 15) is 0 Å². The van der Waals surface area contributed by atoms with E-state index in [0.717, 1.165) is 22.8 Å². The number of halogens is 1. The molecule has 0 aliphatic heterocycles. The van der Waals surface area contributed by atoms with Gasteiger partial charge in [0, 0.05) is 26.6 Å². The highest BCUT2D eigenvalue weighted by molar-refractivity contribution is 6.31. The van der Waals surface area contributed by atoms with Crippen LogP contribution in [0.5, 0.6) is 0 Å². The minimum absolute atomic E-state index is 0.0581. The average Bonchev–Trinajstić information content (AvgIpc) is 2.53. The highest BCUT2D eigenvalue weighted by Crippen LogP contribution is 2.28. The summed E-state index contributed by atoms with van der Waals surface area (Å²) in [6, 6.07) is 0.192. The maximum absolute atomic E-state index is 6.33. The summed E-state index contributed by atoms with van der Waals surface area (Å²) < 4.78 is 7.55. The molecule has 0 bridgehead atoms. The fourth-order valence-electron chi connectivity index (χ4n) is 2.59. The van der Waals surface area contributed by atoms with Gasteiger partial charge in [-0.15, -0.1) is 0 Å². The van der Waals surface area contributed by atoms with Gasteiger partial charge in [0.05, 0.1) is 22.5 Å². The largest absolute Gasteiger partial charge is 0.379 e. The quantitative estimate of drug-likeness (QED) is 0.905. The topological polar surface area (TPSA) is 39.1 Å². The molecule has 0 aliphatic carbocycles. The van der Waals surface area contributed by atoms with Crippen LogP contribution in [0.3, 0.4) is 0 Å². The number of methoxy groups -OCH3 is 1. The Labute approximate surface area is 121 Å². The van der Waals surface area contributed by atoms with Crippen molar-refractivity contribution in [2.24, 2.45) is 12.5 Å². The molecule has 1 aromatic heterocycles. The molecule has 2 unspecified atom stereocenters. The Morgan fingerprint density at radius 3 is 2.32 bits per heavy atom. The van der Waals surface area contributed by atoms with Gasteiger partial charge >= 0.3 is 0 Å². The second-order valence-electron chi connectivity index (χ2n) is 6.09. The molecular formula is C14H26ClN3O. The lowest BCUT2D eigenvalue weighted by Gasteiger charge is -2.36. The van der Waals surface area contributed by atoms with Crippen molar-refractivity contribution in [1.82, 2.24) is 15.1 Å². The summed E-state index contributed by atoms with van der Waals surface area (Å²) in [7, 11) is 5.65. The van der Waals surface area contributed by atoms with Gasteiger partial charge in [-0.05, 0) is 19.4 Å². The highest BCUT2D eigenvalue weighted by Gasteiger charge is 2.32. The van der Waals surface area contributed by atoms with Gasteiger partial charge < -0.3 is 10.1 Å². The number of nitrogens with one attached hydrogen (secondary N) is 1. The lowest BCUT2D eigenvalue weighted by atomic mass is 9.83. The minimum Gasteiger partial charge on any atom is -0.379 e. The number of aromatic nitrogens is 2. The summed E-state index contributed by atoms with van der Waals surface area (Å²) in [6.45, 7) is 8.47. The van der Waals surface area contributed by atoms with Crippen molar-refractivity contribution in [3.8, 4) is 0 Å². The van der Waals surface area contributed by atoms with E-state index in [-0.39, 0.29) is 17.6 Å². The number of aryl methyl sites for hydroxylation is 2. The van der Waals surface area contributed by atoms with Crippen molar-refractivity contribution >= 4 is 11.6 Å². The Bertz CT molecular complexity index is 423. The van der Waals surface area contributed by atoms with E-state index in [0.29, 0.717) is 0 Å². The molecule has 0 aromatic carbocycles. The van der Waals surface area contributed by atoms with Gasteiger partial charge in [0.15, 0.2) is 0 Å². The molecule has 2 atom stereocenters. The minimum atomic E-state index is 0.0581. The van der Waals surface area contributed by atoms with Crippen LogP contribution in [0.1, 0.15) is 32.2 Å². The molecule has 0 aliphatic rings. The van der Waals surface area contributed by atoms with E-state index >= 15 is 0 Å². The van der Waals surface area contributed by atoms with E-state index in [4.69, 9.17) is 16.3 Å². The summed E-state index contributed by atoms with van der Waals surface area (Å²) in [6.07, 6.45) is 0.895. The standard InChI is InChI=1S/C14H26ClN3O/c1-9-12(15)11(18(6)17-9)8-10(16-5)13(19-7)14(2,3)4/h10,13,16H,8H2,1-7H3. The van der Waals surface area contributed by atoms with Crippen LogP contribution >= 0.6 is 11.6 Å². The smallest absolute Gasteiger partial charge is 0.0847 e. The monoisotopic (exact) mass is 287 g/mol. The maximum atomic E-state index is 6.33. The molecule has 1 N–H and O–H groups in total. The van der Waals surface area contributed by atoms with E-state index < -0.39 is 0 Å². The lowest BCUT2D eigenvalue weighted by molar-refractivity contribution is -0.00959. The number of hydrogen-bond acceptors (Lipinski definition) is 3. The molecule has 4 nitrogen and oxygen atoms in total.